The Morgan fingerprint density at radius 2 is 1.73 bits per heavy atom. The molecule has 166 valence electrons. The van der Waals surface area contributed by atoms with E-state index in [9.17, 15) is 0 Å². The third-order valence-corrected chi connectivity index (χ3v) is 5.87. The molecule has 0 radical (unpaired) electrons. The second kappa shape index (κ2) is 9.72. The number of nitrogen functional groups attached to an aromatic ring is 1. The van der Waals surface area contributed by atoms with Crippen LogP contribution in [0.1, 0.15) is 22.3 Å². The Bertz CT molecular complexity index is 1310. The number of nitrogens with one attached hydrogen (secondary N) is 1. The Morgan fingerprint density at radius 1 is 0.909 bits per heavy atom. The number of rotatable bonds is 7. The van der Waals surface area contributed by atoms with Gasteiger partial charge >= 0.3 is 0 Å². The van der Waals surface area contributed by atoms with Crippen molar-refractivity contribution in [2.75, 3.05) is 11.1 Å². The van der Waals surface area contributed by atoms with E-state index in [4.69, 9.17) is 11.5 Å². The first-order chi connectivity index (χ1) is 15.9. The van der Waals surface area contributed by atoms with E-state index in [2.05, 4.69) is 72.3 Å². The van der Waals surface area contributed by atoms with Crippen molar-refractivity contribution in [2.45, 2.75) is 26.8 Å². The number of pyridine rings is 1. The van der Waals surface area contributed by atoms with Crippen molar-refractivity contribution in [3.63, 3.8) is 0 Å². The van der Waals surface area contributed by atoms with E-state index >= 15 is 0 Å². The number of nitrogens with two attached hydrogens (primary N) is 2. The lowest BCUT2D eigenvalue weighted by molar-refractivity contribution is 1.07. The van der Waals surface area contributed by atoms with Crippen molar-refractivity contribution in [3.05, 3.63) is 114 Å². The fourth-order valence-electron chi connectivity index (χ4n) is 4.07. The molecule has 0 saturated carbocycles. The predicted molar refractivity (Wildman–Crippen MR) is 140 cm³/mol. The van der Waals surface area contributed by atoms with Gasteiger partial charge in [0.15, 0.2) is 0 Å². The van der Waals surface area contributed by atoms with Crippen molar-refractivity contribution in [1.29, 1.82) is 0 Å². The number of aromatic nitrogens is 1. The summed E-state index contributed by atoms with van der Waals surface area (Å²) in [7, 11) is 0. The first kappa shape index (κ1) is 22.3. The molecular formula is C29H30N4. The van der Waals surface area contributed by atoms with Crippen molar-refractivity contribution in [3.8, 4) is 22.3 Å². The Morgan fingerprint density at radius 3 is 2.52 bits per heavy atom. The van der Waals surface area contributed by atoms with Crippen LogP contribution in [0.2, 0.25) is 0 Å². The zero-order valence-electron chi connectivity index (χ0n) is 19.2. The zero-order valence-corrected chi connectivity index (χ0v) is 19.2. The molecule has 0 spiro atoms. The van der Waals surface area contributed by atoms with E-state index in [1.807, 2.05) is 37.5 Å². The molecule has 0 aliphatic heterocycles. The molecule has 0 unspecified atom stereocenters. The average Bonchev–Trinajstić information content (AvgIpc) is 2.82. The van der Waals surface area contributed by atoms with Crippen LogP contribution in [0, 0.1) is 13.8 Å². The van der Waals surface area contributed by atoms with Crippen molar-refractivity contribution in [2.24, 2.45) is 5.73 Å². The van der Waals surface area contributed by atoms with Gasteiger partial charge in [-0.15, -0.1) is 0 Å². The summed E-state index contributed by atoms with van der Waals surface area (Å²) >= 11 is 0. The molecule has 0 aliphatic carbocycles. The van der Waals surface area contributed by atoms with Crippen LogP contribution < -0.4 is 16.8 Å². The van der Waals surface area contributed by atoms with Gasteiger partial charge in [-0.1, -0.05) is 43.0 Å². The highest BCUT2D eigenvalue weighted by Crippen LogP contribution is 2.31. The van der Waals surface area contributed by atoms with Crippen LogP contribution in [0.3, 0.4) is 0 Å². The van der Waals surface area contributed by atoms with Crippen LogP contribution in [-0.4, -0.2) is 4.98 Å². The molecule has 4 rings (SSSR count). The van der Waals surface area contributed by atoms with Crippen LogP contribution in [0.15, 0.2) is 91.4 Å². The van der Waals surface area contributed by atoms with Crippen LogP contribution in [0.25, 0.3) is 22.3 Å². The molecule has 1 heterocycles. The summed E-state index contributed by atoms with van der Waals surface area (Å²) in [5.74, 6) is 0. The lowest BCUT2D eigenvalue weighted by Gasteiger charge is -2.17. The molecule has 1 aromatic heterocycles. The molecule has 3 aromatic carbocycles. The number of anilines is 2. The largest absolute Gasteiger partial charge is 0.398 e. The highest BCUT2D eigenvalue weighted by Gasteiger charge is 2.10. The molecule has 0 saturated heterocycles. The maximum absolute atomic E-state index is 6.30. The van der Waals surface area contributed by atoms with Gasteiger partial charge in [0.25, 0.3) is 0 Å². The summed E-state index contributed by atoms with van der Waals surface area (Å²) in [5, 5.41) is 3.51. The molecule has 0 aliphatic rings. The molecule has 4 nitrogen and oxygen atoms in total. The van der Waals surface area contributed by atoms with Gasteiger partial charge < -0.3 is 16.8 Å². The van der Waals surface area contributed by atoms with Gasteiger partial charge in [-0.3, -0.25) is 4.98 Å². The minimum Gasteiger partial charge on any atom is -0.398 e. The summed E-state index contributed by atoms with van der Waals surface area (Å²) < 4.78 is 0. The number of hydrogen-bond donors (Lipinski definition) is 3. The number of hydrogen-bond acceptors (Lipinski definition) is 4. The van der Waals surface area contributed by atoms with Crippen LogP contribution >= 0.6 is 0 Å². The summed E-state index contributed by atoms with van der Waals surface area (Å²) in [6, 6.07) is 22.9. The van der Waals surface area contributed by atoms with E-state index in [1.165, 1.54) is 11.1 Å². The quantitative estimate of drug-likeness (QED) is 0.301. The molecule has 33 heavy (non-hydrogen) atoms. The van der Waals surface area contributed by atoms with E-state index in [0.29, 0.717) is 13.0 Å². The van der Waals surface area contributed by atoms with Crippen LogP contribution in [0.4, 0.5) is 11.4 Å². The second-order valence-corrected chi connectivity index (χ2v) is 8.45. The van der Waals surface area contributed by atoms with Crippen molar-refractivity contribution >= 4 is 11.4 Å². The summed E-state index contributed by atoms with van der Waals surface area (Å²) in [6.07, 6.45) is 4.37. The Kier molecular flexibility index (Phi) is 6.57. The number of aryl methyl sites for hydroxylation is 1. The van der Waals surface area contributed by atoms with Crippen molar-refractivity contribution < 1.29 is 0 Å². The molecule has 4 heteroatoms. The van der Waals surface area contributed by atoms with E-state index in [1.54, 1.807) is 0 Å². The van der Waals surface area contributed by atoms with E-state index in [0.717, 1.165) is 50.5 Å². The second-order valence-electron chi connectivity index (χ2n) is 8.45. The van der Waals surface area contributed by atoms with Gasteiger partial charge in [0.2, 0.25) is 0 Å². The van der Waals surface area contributed by atoms with Crippen molar-refractivity contribution in [1.82, 2.24) is 4.98 Å². The van der Waals surface area contributed by atoms with Crippen LogP contribution in [0.5, 0.6) is 0 Å². The molecule has 5 N–H and O–H groups in total. The summed E-state index contributed by atoms with van der Waals surface area (Å²) in [4.78, 5) is 4.32. The highest BCUT2D eigenvalue weighted by atomic mass is 14.9. The van der Waals surface area contributed by atoms with Gasteiger partial charge in [-0.25, -0.2) is 0 Å². The monoisotopic (exact) mass is 434 g/mol. The third-order valence-electron chi connectivity index (χ3n) is 5.87. The molecule has 0 atom stereocenters. The molecule has 4 aromatic rings. The zero-order chi connectivity index (χ0) is 23.4. The first-order valence-electron chi connectivity index (χ1n) is 11.1. The predicted octanol–water partition coefficient (Wildman–Crippen LogP) is 6.24. The van der Waals surface area contributed by atoms with Gasteiger partial charge in [-0.2, -0.15) is 0 Å². The van der Waals surface area contributed by atoms with Crippen LogP contribution in [-0.2, 0) is 13.0 Å². The molecular weight excluding hydrogens is 404 g/mol. The summed E-state index contributed by atoms with van der Waals surface area (Å²) in [5.41, 5.74) is 23.8. The Hall–Kier alpha value is -3.89. The Balaban J connectivity index is 1.56. The van der Waals surface area contributed by atoms with E-state index in [-0.39, 0.29) is 0 Å². The topological polar surface area (TPSA) is 77.0 Å². The van der Waals surface area contributed by atoms with Gasteiger partial charge in [0, 0.05) is 48.0 Å². The maximum atomic E-state index is 6.30. The van der Waals surface area contributed by atoms with Gasteiger partial charge in [-0.05, 0) is 83.1 Å². The minimum atomic E-state index is 0.529. The van der Waals surface area contributed by atoms with E-state index < -0.39 is 0 Å². The maximum Gasteiger partial charge on any atom is 0.0417 e. The third kappa shape index (κ3) is 5.13. The SMILES string of the molecule is C=C(Cc1cc(-c2cncc(C)c2)ccc1N)Nc1cccc(-c2cccc(CN)c2)c1C. The molecule has 0 amide bonds. The lowest BCUT2D eigenvalue weighted by Crippen LogP contribution is -2.05. The smallest absolute Gasteiger partial charge is 0.0417 e. The van der Waals surface area contributed by atoms with Gasteiger partial charge in [0.1, 0.15) is 0 Å². The minimum absolute atomic E-state index is 0.529. The summed E-state index contributed by atoms with van der Waals surface area (Å²) in [6.45, 7) is 8.98. The first-order valence-corrected chi connectivity index (χ1v) is 11.1. The fourth-order valence-corrected chi connectivity index (χ4v) is 4.07. The number of benzene rings is 3. The number of nitrogens with zero attached hydrogens (tertiary/aromatic N) is 1. The standard InChI is InChI=1S/C29H30N4/c1-19-12-26(18-32-17-19)23-10-11-28(31)25(15-23)13-20(2)33-29-9-5-8-27(21(29)3)24-7-4-6-22(14-24)16-30/h4-12,14-15,17-18,33H,2,13,16,30-31H2,1,3H3. The fraction of sp³-hybridized carbons (Fsp3) is 0.138. The highest BCUT2D eigenvalue weighted by molar-refractivity contribution is 5.75. The normalized spacial score (nSPS) is 10.8. The Labute approximate surface area is 196 Å². The molecule has 0 fully saturated rings. The number of allylic oxidation sites excluding steroid dienone is 1. The average molecular weight is 435 g/mol. The lowest BCUT2D eigenvalue weighted by atomic mass is 9.97. The molecule has 0 bridgehead atoms. The van der Waals surface area contributed by atoms with Gasteiger partial charge in [0.05, 0.1) is 0 Å².